The molecule has 138 valence electrons. The number of nitrogens with zero attached hydrogens (tertiary/aromatic N) is 2. The van der Waals surface area contributed by atoms with Crippen LogP contribution in [0.5, 0.6) is 0 Å². The predicted octanol–water partition coefficient (Wildman–Crippen LogP) is 0.820. The van der Waals surface area contributed by atoms with Crippen LogP contribution in [0, 0.1) is 10.1 Å². The second-order valence-corrected chi connectivity index (χ2v) is 5.04. The minimum atomic E-state index is -0.838. The Bertz CT molecular complexity index is 790. The Morgan fingerprint density at radius 1 is 1.38 bits per heavy atom. The van der Waals surface area contributed by atoms with Gasteiger partial charge in [-0.1, -0.05) is 0 Å². The van der Waals surface area contributed by atoms with E-state index >= 15 is 0 Å². The van der Waals surface area contributed by atoms with E-state index in [0.717, 1.165) is 17.0 Å². The molecule has 26 heavy (non-hydrogen) atoms. The molecule has 1 heterocycles. The molecule has 0 radical (unpaired) electrons. The molecule has 0 unspecified atom stereocenters. The lowest BCUT2D eigenvalue weighted by molar-refractivity contribution is -0.383. The van der Waals surface area contributed by atoms with Gasteiger partial charge in [-0.3, -0.25) is 29.9 Å². The van der Waals surface area contributed by atoms with Crippen LogP contribution in [-0.2, 0) is 14.3 Å². The zero-order valence-corrected chi connectivity index (χ0v) is 13.7. The maximum Gasteiger partial charge on any atom is 0.411 e. The molecule has 0 fully saturated rings. The number of aliphatic hydroxyl groups excluding tert-OH is 1. The number of nitro benzene ring substituents is 1. The van der Waals surface area contributed by atoms with Crippen LogP contribution in [0.2, 0.25) is 0 Å². The molecule has 0 aromatic heterocycles. The van der Waals surface area contributed by atoms with Gasteiger partial charge in [0, 0.05) is 17.8 Å². The van der Waals surface area contributed by atoms with E-state index in [1.54, 1.807) is 6.92 Å². The Kier molecular flexibility index (Phi) is 5.86. The molecule has 1 aliphatic rings. The zero-order valence-electron chi connectivity index (χ0n) is 13.7. The first-order valence-corrected chi connectivity index (χ1v) is 7.55. The summed E-state index contributed by atoms with van der Waals surface area (Å²) in [5.41, 5.74) is -0.412. The van der Waals surface area contributed by atoms with E-state index in [1.165, 1.54) is 12.1 Å². The van der Waals surface area contributed by atoms with Gasteiger partial charge in [0.25, 0.3) is 17.5 Å². The van der Waals surface area contributed by atoms with Crippen molar-refractivity contribution < 1.29 is 29.2 Å². The highest BCUT2D eigenvalue weighted by Gasteiger charge is 2.31. The summed E-state index contributed by atoms with van der Waals surface area (Å²) in [5, 5.41) is 25.0. The van der Waals surface area contributed by atoms with Gasteiger partial charge in [0.2, 0.25) is 0 Å². The second kappa shape index (κ2) is 8.07. The largest absolute Gasteiger partial charge is 0.450 e. The van der Waals surface area contributed by atoms with Crippen LogP contribution in [0.15, 0.2) is 30.0 Å². The van der Waals surface area contributed by atoms with Crippen LogP contribution < -0.4 is 10.6 Å². The topological polar surface area (TPSA) is 151 Å². The molecule has 3 N–H and O–H groups in total. The third-order valence-corrected chi connectivity index (χ3v) is 3.32. The summed E-state index contributed by atoms with van der Waals surface area (Å²) in [6.45, 7) is 1.17. The van der Waals surface area contributed by atoms with Gasteiger partial charge in [-0.2, -0.15) is 0 Å². The van der Waals surface area contributed by atoms with Crippen molar-refractivity contribution in [3.63, 3.8) is 0 Å². The van der Waals surface area contributed by atoms with Crippen LogP contribution in [-0.4, -0.2) is 52.6 Å². The van der Waals surface area contributed by atoms with Crippen molar-refractivity contribution in [3.05, 3.63) is 40.1 Å². The van der Waals surface area contributed by atoms with E-state index < -0.39 is 28.5 Å². The van der Waals surface area contributed by atoms with E-state index in [4.69, 9.17) is 5.11 Å². The first-order valence-electron chi connectivity index (χ1n) is 7.55. The van der Waals surface area contributed by atoms with Crippen LogP contribution in [0.4, 0.5) is 21.9 Å². The Morgan fingerprint density at radius 3 is 2.73 bits per heavy atom. The summed E-state index contributed by atoms with van der Waals surface area (Å²) < 4.78 is 4.67. The summed E-state index contributed by atoms with van der Waals surface area (Å²) in [4.78, 5) is 46.6. The van der Waals surface area contributed by atoms with Crippen molar-refractivity contribution in [3.8, 4) is 0 Å². The number of carbonyl (C=O) groups excluding carboxylic acids is 3. The third-order valence-electron chi connectivity index (χ3n) is 3.32. The average molecular weight is 364 g/mol. The number of aliphatic hydroxyl groups is 1. The monoisotopic (exact) mass is 364 g/mol. The van der Waals surface area contributed by atoms with Crippen molar-refractivity contribution in [2.75, 3.05) is 30.4 Å². The molecule has 3 amide bonds. The lowest BCUT2D eigenvalue weighted by Crippen LogP contribution is -2.34. The Labute approximate surface area is 147 Å². The fourth-order valence-corrected chi connectivity index (χ4v) is 2.21. The smallest absolute Gasteiger partial charge is 0.411 e. The molecule has 0 saturated heterocycles. The molecule has 2 rings (SSSR count). The number of β-amino-alcohol motifs (C(OH)–C–C–N with tert-alkyl or cyclic N) is 1. The zero-order chi connectivity index (χ0) is 19.3. The lowest BCUT2D eigenvalue weighted by atomic mass is 10.2. The van der Waals surface area contributed by atoms with Crippen molar-refractivity contribution in [2.45, 2.75) is 6.92 Å². The van der Waals surface area contributed by atoms with Crippen LogP contribution in [0.1, 0.15) is 6.92 Å². The highest BCUT2D eigenvalue weighted by atomic mass is 16.6. The second-order valence-electron chi connectivity index (χ2n) is 5.04. The summed E-state index contributed by atoms with van der Waals surface area (Å²) >= 11 is 0. The van der Waals surface area contributed by atoms with E-state index in [-0.39, 0.29) is 36.8 Å². The van der Waals surface area contributed by atoms with Crippen LogP contribution in [0.25, 0.3) is 0 Å². The van der Waals surface area contributed by atoms with Gasteiger partial charge in [0.1, 0.15) is 11.4 Å². The highest BCUT2D eigenvalue weighted by Crippen LogP contribution is 2.29. The van der Waals surface area contributed by atoms with E-state index in [9.17, 15) is 24.5 Å². The molecule has 0 saturated carbocycles. The van der Waals surface area contributed by atoms with Crippen LogP contribution in [0.3, 0.4) is 0 Å². The van der Waals surface area contributed by atoms with E-state index in [2.05, 4.69) is 15.4 Å². The number of nitro groups is 1. The molecule has 11 heteroatoms. The first-order chi connectivity index (χ1) is 12.4. The standard InChI is InChI=1S/C15H16N4O7/c1-2-26-15(23)17-10-4-3-9(7-12(10)19(24)25)16-11-8-13(21)18(5-6-20)14(11)22/h3-4,7-8,16,20H,2,5-6H2,1H3,(H,17,23). The van der Waals surface area contributed by atoms with Gasteiger partial charge >= 0.3 is 6.09 Å². The van der Waals surface area contributed by atoms with Gasteiger partial charge in [-0.05, 0) is 19.1 Å². The Morgan fingerprint density at radius 2 is 2.12 bits per heavy atom. The van der Waals surface area contributed by atoms with Crippen molar-refractivity contribution in [1.29, 1.82) is 0 Å². The predicted molar refractivity (Wildman–Crippen MR) is 89.3 cm³/mol. The molecule has 1 aliphatic heterocycles. The number of nitrogens with one attached hydrogen (secondary N) is 2. The summed E-state index contributed by atoms with van der Waals surface area (Å²) in [6.07, 6.45) is 0.199. The maximum absolute atomic E-state index is 12.1. The average Bonchev–Trinajstić information content (AvgIpc) is 2.84. The van der Waals surface area contributed by atoms with Crippen molar-refractivity contribution in [2.24, 2.45) is 0 Å². The number of rotatable bonds is 7. The van der Waals surface area contributed by atoms with Crippen LogP contribution >= 0.6 is 0 Å². The van der Waals surface area contributed by atoms with E-state index in [0.29, 0.717) is 0 Å². The fourth-order valence-electron chi connectivity index (χ4n) is 2.21. The normalized spacial score (nSPS) is 13.5. The molecule has 0 atom stereocenters. The minimum absolute atomic E-state index is 0.0798. The summed E-state index contributed by atoms with van der Waals surface area (Å²) in [5.74, 6) is -1.25. The van der Waals surface area contributed by atoms with Crippen molar-refractivity contribution >= 4 is 35.0 Å². The number of anilines is 2. The highest BCUT2D eigenvalue weighted by molar-refractivity contribution is 6.17. The Hall–Kier alpha value is -3.47. The number of hydrogen-bond acceptors (Lipinski definition) is 8. The van der Waals surface area contributed by atoms with Gasteiger partial charge in [0.15, 0.2) is 0 Å². The molecule has 1 aromatic rings. The summed E-state index contributed by atoms with van der Waals surface area (Å²) in [6, 6.07) is 3.77. The molecular weight excluding hydrogens is 348 g/mol. The number of imide groups is 1. The quantitative estimate of drug-likeness (QED) is 0.365. The maximum atomic E-state index is 12.1. The molecule has 11 nitrogen and oxygen atoms in total. The minimum Gasteiger partial charge on any atom is -0.450 e. The van der Waals surface area contributed by atoms with Gasteiger partial charge < -0.3 is 15.2 Å². The number of benzene rings is 1. The lowest BCUT2D eigenvalue weighted by Gasteiger charge is -2.13. The number of carbonyl (C=O) groups is 3. The molecule has 1 aromatic carbocycles. The summed E-state index contributed by atoms with van der Waals surface area (Å²) in [7, 11) is 0. The molecular formula is C15H16N4O7. The van der Waals surface area contributed by atoms with E-state index in [1.807, 2.05) is 0 Å². The van der Waals surface area contributed by atoms with Gasteiger partial charge in [-0.25, -0.2) is 4.79 Å². The number of hydrogen-bond donors (Lipinski definition) is 3. The Balaban J connectivity index is 2.21. The number of ether oxygens (including phenoxy) is 1. The van der Waals surface area contributed by atoms with Gasteiger partial charge in [-0.15, -0.1) is 0 Å². The first kappa shape index (κ1) is 18.9. The SMILES string of the molecule is CCOC(=O)Nc1ccc(NC2=CC(=O)N(CCO)C2=O)cc1[N+](=O)[O-]. The molecule has 0 spiro atoms. The molecule has 0 bridgehead atoms. The fraction of sp³-hybridized carbons (Fsp3) is 0.267. The molecule has 0 aliphatic carbocycles. The van der Waals surface area contributed by atoms with Gasteiger partial charge in [0.05, 0.1) is 24.7 Å². The number of amides is 3. The third kappa shape index (κ3) is 4.13. The van der Waals surface area contributed by atoms with Crippen molar-refractivity contribution in [1.82, 2.24) is 4.90 Å².